The molecule has 1 aromatic heterocycles. The predicted octanol–water partition coefficient (Wildman–Crippen LogP) is 0.320. The number of aliphatic hydroxyl groups excluding tert-OH is 1. The molecule has 0 spiro atoms. The average Bonchev–Trinajstić information content (AvgIpc) is 2.74. The maximum absolute atomic E-state index is 8.97. The normalized spacial score (nSPS) is 10.7. The third-order valence-corrected chi connectivity index (χ3v) is 2.64. The van der Waals surface area contributed by atoms with E-state index < -0.39 is 0 Å². The number of nitrogens with zero attached hydrogens (tertiary/aromatic N) is 3. The molecule has 90 valence electrons. The number of hydrogen-bond donors (Lipinski definition) is 2. The van der Waals surface area contributed by atoms with Gasteiger partial charge < -0.3 is 10.8 Å². The Morgan fingerprint density at radius 1 is 1.24 bits per heavy atom. The predicted molar refractivity (Wildman–Crippen MR) is 64.2 cm³/mol. The van der Waals surface area contributed by atoms with Gasteiger partial charge in [-0.2, -0.15) is 0 Å². The summed E-state index contributed by atoms with van der Waals surface area (Å²) in [5.74, 6) is 0. The first-order valence-electron chi connectivity index (χ1n) is 5.61. The van der Waals surface area contributed by atoms with Crippen molar-refractivity contribution in [3.63, 3.8) is 0 Å². The van der Waals surface area contributed by atoms with Crippen molar-refractivity contribution in [2.75, 3.05) is 6.61 Å². The lowest BCUT2D eigenvalue weighted by molar-refractivity contribution is 0.266. The topological polar surface area (TPSA) is 77.0 Å². The van der Waals surface area contributed by atoms with Gasteiger partial charge in [0.1, 0.15) is 0 Å². The van der Waals surface area contributed by atoms with Crippen molar-refractivity contribution < 1.29 is 5.11 Å². The highest BCUT2D eigenvalue weighted by atomic mass is 16.3. The van der Waals surface area contributed by atoms with E-state index in [9.17, 15) is 0 Å². The van der Waals surface area contributed by atoms with E-state index in [2.05, 4.69) is 22.4 Å². The van der Waals surface area contributed by atoms with E-state index in [0.717, 1.165) is 17.8 Å². The number of hydrogen-bond acceptors (Lipinski definition) is 4. The fourth-order valence-corrected chi connectivity index (χ4v) is 1.78. The van der Waals surface area contributed by atoms with Crippen LogP contribution in [0.2, 0.25) is 0 Å². The molecule has 0 aliphatic rings. The molecule has 0 aliphatic heterocycles. The Balaban J connectivity index is 2.26. The second kappa shape index (κ2) is 5.56. The molecule has 2 rings (SSSR count). The van der Waals surface area contributed by atoms with Crippen molar-refractivity contribution in [1.82, 2.24) is 15.0 Å². The van der Waals surface area contributed by atoms with Gasteiger partial charge in [-0.05, 0) is 5.56 Å². The monoisotopic (exact) mass is 232 g/mol. The summed E-state index contributed by atoms with van der Waals surface area (Å²) in [6.45, 7) is 0.873. The Morgan fingerprint density at radius 3 is 2.65 bits per heavy atom. The van der Waals surface area contributed by atoms with Crippen LogP contribution in [0.15, 0.2) is 30.3 Å². The average molecular weight is 232 g/mol. The highest BCUT2D eigenvalue weighted by Gasteiger charge is 2.11. The molecule has 1 heterocycles. The molecule has 5 heteroatoms. The zero-order valence-electron chi connectivity index (χ0n) is 9.58. The zero-order chi connectivity index (χ0) is 12.1. The van der Waals surface area contributed by atoms with Gasteiger partial charge in [0, 0.05) is 13.0 Å². The summed E-state index contributed by atoms with van der Waals surface area (Å²) >= 11 is 0. The number of aliphatic hydroxyl groups is 1. The largest absolute Gasteiger partial charge is 0.394 e. The molecule has 5 nitrogen and oxygen atoms in total. The molecular weight excluding hydrogens is 216 g/mol. The van der Waals surface area contributed by atoms with Gasteiger partial charge in [-0.25, -0.2) is 4.68 Å². The second-order valence-electron chi connectivity index (χ2n) is 3.80. The van der Waals surface area contributed by atoms with E-state index >= 15 is 0 Å². The van der Waals surface area contributed by atoms with Crippen LogP contribution in [0.25, 0.3) is 0 Å². The Morgan fingerprint density at radius 2 is 2.00 bits per heavy atom. The van der Waals surface area contributed by atoms with Crippen molar-refractivity contribution in [3.05, 3.63) is 47.3 Å². The van der Waals surface area contributed by atoms with Crippen LogP contribution < -0.4 is 5.73 Å². The van der Waals surface area contributed by atoms with Gasteiger partial charge in [0.2, 0.25) is 0 Å². The first kappa shape index (κ1) is 11.8. The molecule has 1 aromatic carbocycles. The fraction of sp³-hybridized carbons (Fsp3) is 0.333. The first-order valence-corrected chi connectivity index (χ1v) is 5.61. The summed E-state index contributed by atoms with van der Waals surface area (Å²) in [4.78, 5) is 0. The molecule has 0 fully saturated rings. The number of rotatable bonds is 5. The minimum absolute atomic E-state index is 0.0508. The lowest BCUT2D eigenvalue weighted by Gasteiger charge is -2.06. The van der Waals surface area contributed by atoms with E-state index in [1.165, 1.54) is 5.56 Å². The molecule has 0 unspecified atom stereocenters. The number of benzene rings is 1. The van der Waals surface area contributed by atoms with Gasteiger partial charge >= 0.3 is 0 Å². The van der Waals surface area contributed by atoms with Crippen molar-refractivity contribution >= 4 is 0 Å². The molecule has 0 radical (unpaired) electrons. The van der Waals surface area contributed by atoms with Crippen molar-refractivity contribution in [2.45, 2.75) is 19.5 Å². The maximum atomic E-state index is 8.97. The molecule has 0 atom stereocenters. The van der Waals surface area contributed by atoms with Gasteiger partial charge in [-0.3, -0.25) is 0 Å². The SMILES string of the molecule is NCc1nnn(CCO)c1Cc1ccccc1. The van der Waals surface area contributed by atoms with E-state index in [-0.39, 0.29) is 6.61 Å². The maximum Gasteiger partial charge on any atom is 0.0998 e. The summed E-state index contributed by atoms with van der Waals surface area (Å²) in [6.07, 6.45) is 0.736. The minimum Gasteiger partial charge on any atom is -0.394 e. The Hall–Kier alpha value is -1.72. The summed E-state index contributed by atoms with van der Waals surface area (Å²) in [5, 5.41) is 17.0. The van der Waals surface area contributed by atoms with Gasteiger partial charge in [0.05, 0.1) is 24.5 Å². The van der Waals surface area contributed by atoms with Crippen LogP contribution in [0.3, 0.4) is 0 Å². The standard InChI is InChI=1S/C12H16N4O/c13-9-11-12(16(6-7-17)15-14-11)8-10-4-2-1-3-5-10/h1-5,17H,6-9,13H2. The van der Waals surface area contributed by atoms with Gasteiger partial charge in [-0.1, -0.05) is 35.5 Å². The Labute approximate surface area is 99.9 Å². The van der Waals surface area contributed by atoms with Crippen LogP contribution in [0.4, 0.5) is 0 Å². The van der Waals surface area contributed by atoms with Gasteiger partial charge in [-0.15, -0.1) is 5.10 Å². The van der Waals surface area contributed by atoms with Crippen LogP contribution in [0.5, 0.6) is 0 Å². The summed E-state index contributed by atoms with van der Waals surface area (Å²) in [7, 11) is 0. The lowest BCUT2D eigenvalue weighted by atomic mass is 10.1. The Bertz CT molecular complexity index is 467. The van der Waals surface area contributed by atoms with Crippen molar-refractivity contribution in [3.8, 4) is 0 Å². The van der Waals surface area contributed by atoms with E-state index in [4.69, 9.17) is 10.8 Å². The smallest absolute Gasteiger partial charge is 0.0998 e. The highest BCUT2D eigenvalue weighted by molar-refractivity contribution is 5.23. The van der Waals surface area contributed by atoms with Crippen LogP contribution in [-0.4, -0.2) is 26.7 Å². The van der Waals surface area contributed by atoms with Crippen LogP contribution in [0.1, 0.15) is 17.0 Å². The van der Waals surface area contributed by atoms with Crippen molar-refractivity contribution in [2.24, 2.45) is 5.73 Å². The van der Waals surface area contributed by atoms with Gasteiger partial charge in [0.25, 0.3) is 0 Å². The molecule has 2 aromatic rings. The molecule has 17 heavy (non-hydrogen) atoms. The fourth-order valence-electron chi connectivity index (χ4n) is 1.78. The molecule has 0 saturated carbocycles. The van der Waals surface area contributed by atoms with Gasteiger partial charge in [0.15, 0.2) is 0 Å². The summed E-state index contributed by atoms with van der Waals surface area (Å²) in [5.41, 5.74) is 8.59. The summed E-state index contributed by atoms with van der Waals surface area (Å²) in [6, 6.07) is 10.1. The molecule has 0 bridgehead atoms. The Kier molecular flexibility index (Phi) is 3.85. The summed E-state index contributed by atoms with van der Waals surface area (Å²) < 4.78 is 1.72. The second-order valence-corrected chi connectivity index (χ2v) is 3.80. The molecule has 0 amide bonds. The lowest BCUT2D eigenvalue weighted by Crippen LogP contribution is -2.10. The molecule has 0 saturated heterocycles. The molecule has 0 aliphatic carbocycles. The quantitative estimate of drug-likeness (QED) is 0.778. The molecule has 3 N–H and O–H groups in total. The van der Waals surface area contributed by atoms with E-state index in [0.29, 0.717) is 13.1 Å². The minimum atomic E-state index is 0.0508. The third kappa shape index (κ3) is 2.69. The van der Waals surface area contributed by atoms with Crippen LogP contribution >= 0.6 is 0 Å². The zero-order valence-corrected chi connectivity index (χ0v) is 9.58. The molecular formula is C12H16N4O. The van der Waals surface area contributed by atoms with Crippen LogP contribution in [0, 0.1) is 0 Å². The number of nitrogens with two attached hydrogens (primary N) is 1. The first-order chi connectivity index (χ1) is 8.35. The number of aromatic nitrogens is 3. The van der Waals surface area contributed by atoms with E-state index in [1.54, 1.807) is 4.68 Å². The third-order valence-electron chi connectivity index (χ3n) is 2.64. The van der Waals surface area contributed by atoms with Crippen LogP contribution in [-0.2, 0) is 19.5 Å². The highest BCUT2D eigenvalue weighted by Crippen LogP contribution is 2.12. The van der Waals surface area contributed by atoms with Crippen molar-refractivity contribution in [1.29, 1.82) is 0 Å². The van der Waals surface area contributed by atoms with E-state index in [1.807, 2.05) is 18.2 Å².